The van der Waals surface area contributed by atoms with E-state index in [0.29, 0.717) is 25.3 Å². The van der Waals surface area contributed by atoms with Crippen LogP contribution in [0.2, 0.25) is 0 Å². The molecule has 2 aliphatic heterocycles. The highest BCUT2D eigenvalue weighted by molar-refractivity contribution is 7.89. The number of aromatic nitrogens is 1. The fraction of sp³-hybridized carbons (Fsp3) is 0.350. The molecule has 1 amide bonds. The van der Waals surface area contributed by atoms with Crippen molar-refractivity contribution in [2.24, 2.45) is 0 Å². The van der Waals surface area contributed by atoms with Gasteiger partial charge in [-0.2, -0.15) is 4.31 Å². The maximum Gasteiger partial charge on any atom is 0.271 e. The topological polar surface area (TPSA) is 73.5 Å². The minimum absolute atomic E-state index is 0.126. The van der Waals surface area contributed by atoms with Crippen LogP contribution >= 0.6 is 22.7 Å². The predicted molar refractivity (Wildman–Crippen MR) is 114 cm³/mol. The average molecular weight is 448 g/mol. The van der Waals surface area contributed by atoms with Crippen molar-refractivity contribution in [1.29, 1.82) is 0 Å². The second kappa shape index (κ2) is 7.39. The van der Waals surface area contributed by atoms with E-state index in [1.54, 1.807) is 22.7 Å². The number of thiophene rings is 2. The first-order valence-corrected chi connectivity index (χ1v) is 12.8. The zero-order valence-electron chi connectivity index (χ0n) is 15.7. The fourth-order valence-electron chi connectivity index (χ4n) is 4.17. The van der Waals surface area contributed by atoms with Gasteiger partial charge in [0.05, 0.1) is 6.04 Å². The normalized spacial score (nSPS) is 20.1. The molecule has 5 rings (SSSR count). The quantitative estimate of drug-likeness (QED) is 0.663. The Kier molecular flexibility index (Phi) is 4.85. The first-order valence-electron chi connectivity index (χ1n) is 9.65. The Labute approximate surface area is 177 Å². The minimum atomic E-state index is -3.54. The molecular weight excluding hydrogens is 426 g/mol. The van der Waals surface area contributed by atoms with Gasteiger partial charge in [0.2, 0.25) is 10.0 Å². The van der Waals surface area contributed by atoms with Crippen LogP contribution in [0.25, 0.3) is 0 Å². The van der Waals surface area contributed by atoms with Crippen LogP contribution in [0, 0.1) is 0 Å². The van der Waals surface area contributed by atoms with Crippen molar-refractivity contribution in [3.05, 3.63) is 62.2 Å². The van der Waals surface area contributed by atoms with Crippen molar-refractivity contribution in [1.82, 2.24) is 14.2 Å². The number of nitrogens with zero attached hydrogens (tertiary/aromatic N) is 2. The summed E-state index contributed by atoms with van der Waals surface area (Å²) in [4.78, 5) is 20.8. The number of H-pyrrole nitrogens is 1. The second-order valence-corrected chi connectivity index (χ2v) is 11.2. The number of hydrogen-bond acceptors (Lipinski definition) is 5. The summed E-state index contributed by atoms with van der Waals surface area (Å²) in [6, 6.07) is 7.52. The van der Waals surface area contributed by atoms with Crippen LogP contribution in [-0.4, -0.2) is 48.1 Å². The minimum Gasteiger partial charge on any atom is -0.356 e. The van der Waals surface area contributed by atoms with Crippen molar-refractivity contribution < 1.29 is 13.2 Å². The van der Waals surface area contributed by atoms with Crippen LogP contribution in [0.15, 0.2) is 46.1 Å². The van der Waals surface area contributed by atoms with Gasteiger partial charge in [0, 0.05) is 35.6 Å². The Hall–Kier alpha value is -1.94. The number of carbonyl (C=O) groups is 1. The van der Waals surface area contributed by atoms with Gasteiger partial charge >= 0.3 is 0 Å². The molecule has 3 aromatic rings. The van der Waals surface area contributed by atoms with Crippen LogP contribution in [0.4, 0.5) is 0 Å². The Morgan fingerprint density at radius 2 is 1.93 bits per heavy atom. The van der Waals surface area contributed by atoms with Crippen LogP contribution in [0.1, 0.15) is 44.7 Å². The van der Waals surface area contributed by atoms with Gasteiger partial charge in [-0.25, -0.2) is 8.42 Å². The van der Waals surface area contributed by atoms with Crippen molar-refractivity contribution in [3.8, 4) is 0 Å². The third-order valence-corrected chi connectivity index (χ3v) is 9.43. The summed E-state index contributed by atoms with van der Waals surface area (Å²) in [5, 5.41) is 4.10. The second-order valence-electron chi connectivity index (χ2n) is 7.33. The monoisotopic (exact) mass is 447 g/mol. The number of fused-ring (bicyclic) bond motifs is 1. The number of hydrogen-bond donors (Lipinski definition) is 1. The van der Waals surface area contributed by atoms with E-state index in [1.165, 1.54) is 27.0 Å². The highest BCUT2D eigenvalue weighted by Crippen LogP contribution is 2.40. The Morgan fingerprint density at radius 1 is 1.10 bits per heavy atom. The smallest absolute Gasteiger partial charge is 0.271 e. The van der Waals surface area contributed by atoms with Gasteiger partial charge in [0.25, 0.3) is 5.91 Å². The van der Waals surface area contributed by atoms with Crippen molar-refractivity contribution >= 4 is 38.6 Å². The predicted octanol–water partition coefficient (Wildman–Crippen LogP) is 3.71. The number of aromatic amines is 1. The van der Waals surface area contributed by atoms with Gasteiger partial charge in [-0.15, -0.1) is 22.7 Å². The molecule has 3 aromatic heterocycles. The summed E-state index contributed by atoms with van der Waals surface area (Å²) >= 11 is 3.37. The van der Waals surface area contributed by atoms with Crippen molar-refractivity contribution in [2.75, 3.05) is 19.6 Å². The molecule has 0 bridgehead atoms. The Balaban J connectivity index is 1.47. The third kappa shape index (κ3) is 3.26. The molecule has 29 heavy (non-hydrogen) atoms. The lowest BCUT2D eigenvalue weighted by Gasteiger charge is -2.35. The van der Waals surface area contributed by atoms with Gasteiger partial charge < -0.3 is 9.88 Å². The van der Waals surface area contributed by atoms with Crippen LogP contribution in [0.3, 0.4) is 0 Å². The lowest BCUT2D eigenvalue weighted by atomic mass is 9.98. The molecule has 1 saturated heterocycles. The van der Waals surface area contributed by atoms with Crippen molar-refractivity contribution in [3.63, 3.8) is 0 Å². The summed E-state index contributed by atoms with van der Waals surface area (Å²) in [6.45, 7) is 1.71. The van der Waals surface area contributed by atoms with E-state index < -0.39 is 10.0 Å². The highest BCUT2D eigenvalue weighted by atomic mass is 32.2. The zero-order chi connectivity index (χ0) is 20.0. The van der Waals surface area contributed by atoms with E-state index in [4.69, 9.17) is 0 Å². The molecule has 0 aromatic carbocycles. The highest BCUT2D eigenvalue weighted by Gasteiger charge is 2.35. The summed E-state index contributed by atoms with van der Waals surface area (Å²) in [5.74, 6) is -0.164. The average Bonchev–Trinajstić information content (AvgIpc) is 3.52. The van der Waals surface area contributed by atoms with Gasteiger partial charge in [-0.05, 0) is 53.8 Å². The fourth-order valence-corrected chi connectivity index (χ4v) is 7.44. The maximum absolute atomic E-state index is 13.4. The SMILES string of the molecule is O=C(c1cc(S(=O)(=O)N2CCCC2)c[nH]1)N1CCc2sccc2[C@H]1c1cccs1. The maximum atomic E-state index is 13.4. The first kappa shape index (κ1) is 19.0. The molecule has 0 aliphatic carbocycles. The number of amides is 1. The summed E-state index contributed by atoms with van der Waals surface area (Å²) in [5.41, 5.74) is 1.50. The third-order valence-electron chi connectivity index (χ3n) is 5.63. The molecule has 1 N–H and O–H groups in total. The molecule has 0 saturated carbocycles. The molecule has 2 aliphatic rings. The largest absolute Gasteiger partial charge is 0.356 e. The van der Waals surface area contributed by atoms with Crippen LogP contribution in [-0.2, 0) is 16.4 Å². The number of rotatable bonds is 4. The Bertz CT molecular complexity index is 1120. The van der Waals surface area contributed by atoms with E-state index in [-0.39, 0.29) is 16.8 Å². The standard InChI is InChI=1S/C20H21N3O3S3/c24-20(16-12-14(13-21-16)29(25,26)22-7-1-2-8-22)23-9-5-17-15(6-11-28-17)19(23)18-4-3-10-27-18/h3-4,6,10-13,19,21H,1-2,5,7-9H2/t19-/m0/s1. The molecule has 1 atom stereocenters. The van der Waals surface area contributed by atoms with Crippen LogP contribution < -0.4 is 0 Å². The molecule has 1 fully saturated rings. The van der Waals surface area contributed by atoms with Gasteiger partial charge in [0.15, 0.2) is 0 Å². The molecule has 0 radical (unpaired) electrons. The van der Waals surface area contributed by atoms with Crippen LogP contribution in [0.5, 0.6) is 0 Å². The van der Waals surface area contributed by atoms with E-state index in [1.807, 2.05) is 16.3 Å². The molecule has 6 nitrogen and oxygen atoms in total. The molecule has 5 heterocycles. The number of nitrogens with one attached hydrogen (secondary N) is 1. The Morgan fingerprint density at radius 3 is 2.69 bits per heavy atom. The van der Waals surface area contributed by atoms with E-state index in [9.17, 15) is 13.2 Å². The summed E-state index contributed by atoms with van der Waals surface area (Å²) < 4.78 is 27.1. The molecule has 0 spiro atoms. The molecule has 9 heteroatoms. The lowest BCUT2D eigenvalue weighted by molar-refractivity contribution is 0.0693. The van der Waals surface area contributed by atoms with Crippen molar-refractivity contribution in [2.45, 2.75) is 30.2 Å². The summed E-state index contributed by atoms with van der Waals surface area (Å²) in [7, 11) is -3.54. The lowest BCUT2D eigenvalue weighted by Crippen LogP contribution is -2.39. The molecule has 152 valence electrons. The van der Waals surface area contributed by atoms with Gasteiger partial charge in [-0.1, -0.05) is 6.07 Å². The van der Waals surface area contributed by atoms with Gasteiger partial charge in [0.1, 0.15) is 10.6 Å². The number of carbonyl (C=O) groups excluding carboxylic acids is 1. The van der Waals surface area contributed by atoms with E-state index >= 15 is 0 Å². The first-order chi connectivity index (χ1) is 14.1. The zero-order valence-corrected chi connectivity index (χ0v) is 18.2. The van der Waals surface area contributed by atoms with E-state index in [0.717, 1.165) is 24.1 Å². The molecular formula is C20H21N3O3S3. The molecule has 0 unspecified atom stereocenters. The number of sulfonamides is 1. The van der Waals surface area contributed by atoms with E-state index in [2.05, 4.69) is 22.5 Å². The van der Waals surface area contributed by atoms with Gasteiger partial charge in [-0.3, -0.25) is 4.79 Å². The summed E-state index contributed by atoms with van der Waals surface area (Å²) in [6.07, 6.45) is 4.03.